The smallest absolute Gasteiger partial charge is 0.264 e. The van der Waals surface area contributed by atoms with Crippen molar-refractivity contribution >= 4 is 31.6 Å². The molecule has 0 aliphatic heterocycles. The third-order valence-corrected chi connectivity index (χ3v) is 4.54. The Bertz CT molecular complexity index is 718. The zero-order valence-corrected chi connectivity index (χ0v) is 12.7. The van der Waals surface area contributed by atoms with Crippen LogP contribution in [0.4, 0.5) is 10.1 Å². The zero-order chi connectivity index (χ0) is 14.8. The van der Waals surface area contributed by atoms with Gasteiger partial charge in [-0.1, -0.05) is 22.0 Å². The second kappa shape index (κ2) is 5.90. The van der Waals surface area contributed by atoms with Crippen LogP contribution in [0, 0.1) is 5.82 Å². The second-order valence-electron chi connectivity index (χ2n) is 4.08. The standard InChI is InChI=1S/C13H12BrFN2O2S/c14-10-2-4-11(5-3-10)17-20(18,19)13-7-9(8-16)1-6-12(13)15/h1-7,17H,8,16H2. The monoisotopic (exact) mass is 358 g/mol. The van der Waals surface area contributed by atoms with Crippen LogP contribution in [0.1, 0.15) is 5.56 Å². The maximum absolute atomic E-state index is 13.7. The van der Waals surface area contributed by atoms with Crippen LogP contribution in [0.5, 0.6) is 0 Å². The summed E-state index contributed by atoms with van der Waals surface area (Å²) in [6.07, 6.45) is 0. The number of hydrogen-bond acceptors (Lipinski definition) is 3. The van der Waals surface area contributed by atoms with Crippen molar-refractivity contribution in [2.75, 3.05) is 4.72 Å². The lowest BCUT2D eigenvalue weighted by Gasteiger charge is -2.10. The molecule has 2 aromatic rings. The molecule has 7 heteroatoms. The lowest BCUT2D eigenvalue weighted by atomic mass is 10.2. The highest BCUT2D eigenvalue weighted by atomic mass is 79.9. The lowest BCUT2D eigenvalue weighted by molar-refractivity contribution is 0.569. The van der Waals surface area contributed by atoms with Gasteiger partial charge in [-0.3, -0.25) is 4.72 Å². The Morgan fingerprint density at radius 1 is 1.15 bits per heavy atom. The number of benzene rings is 2. The summed E-state index contributed by atoms with van der Waals surface area (Å²) in [5, 5.41) is 0. The first-order valence-corrected chi connectivity index (χ1v) is 7.97. The van der Waals surface area contributed by atoms with Crippen LogP contribution in [-0.2, 0) is 16.6 Å². The normalized spacial score (nSPS) is 11.3. The summed E-state index contributed by atoms with van der Waals surface area (Å²) >= 11 is 3.25. The fourth-order valence-electron chi connectivity index (χ4n) is 1.61. The fourth-order valence-corrected chi connectivity index (χ4v) is 3.06. The molecular weight excluding hydrogens is 347 g/mol. The molecule has 0 atom stereocenters. The van der Waals surface area contributed by atoms with Gasteiger partial charge in [0.1, 0.15) is 10.7 Å². The van der Waals surface area contributed by atoms with E-state index in [9.17, 15) is 12.8 Å². The van der Waals surface area contributed by atoms with E-state index < -0.39 is 20.7 Å². The van der Waals surface area contributed by atoms with E-state index in [2.05, 4.69) is 20.7 Å². The van der Waals surface area contributed by atoms with Gasteiger partial charge < -0.3 is 5.73 Å². The van der Waals surface area contributed by atoms with Gasteiger partial charge in [0.05, 0.1) is 0 Å². The Morgan fingerprint density at radius 2 is 1.80 bits per heavy atom. The fraction of sp³-hybridized carbons (Fsp3) is 0.0769. The minimum absolute atomic E-state index is 0.140. The number of sulfonamides is 1. The first-order chi connectivity index (χ1) is 9.42. The van der Waals surface area contributed by atoms with Crippen molar-refractivity contribution in [1.82, 2.24) is 0 Å². The van der Waals surface area contributed by atoms with Crippen molar-refractivity contribution in [2.24, 2.45) is 5.73 Å². The van der Waals surface area contributed by atoms with Gasteiger partial charge in [-0.15, -0.1) is 0 Å². The number of hydrogen-bond donors (Lipinski definition) is 2. The molecule has 0 heterocycles. The molecule has 0 spiro atoms. The summed E-state index contributed by atoms with van der Waals surface area (Å²) in [5.74, 6) is -0.813. The van der Waals surface area contributed by atoms with E-state index in [0.717, 1.165) is 10.5 Å². The van der Waals surface area contributed by atoms with E-state index in [1.54, 1.807) is 24.3 Å². The van der Waals surface area contributed by atoms with Crippen LogP contribution in [0.25, 0.3) is 0 Å². The summed E-state index contributed by atoms with van der Waals surface area (Å²) in [6, 6.07) is 10.3. The average molecular weight is 359 g/mol. The van der Waals surface area contributed by atoms with E-state index in [1.165, 1.54) is 12.1 Å². The summed E-state index contributed by atoms with van der Waals surface area (Å²) in [7, 11) is -3.99. The van der Waals surface area contributed by atoms with Crippen molar-refractivity contribution in [2.45, 2.75) is 11.4 Å². The molecule has 0 aliphatic rings. The third-order valence-electron chi connectivity index (χ3n) is 2.62. The van der Waals surface area contributed by atoms with E-state index >= 15 is 0 Å². The van der Waals surface area contributed by atoms with E-state index in [4.69, 9.17) is 5.73 Å². The van der Waals surface area contributed by atoms with Gasteiger partial charge in [0.15, 0.2) is 0 Å². The summed E-state index contributed by atoms with van der Waals surface area (Å²) in [5.41, 5.74) is 6.33. The molecule has 0 fully saturated rings. The van der Waals surface area contributed by atoms with Gasteiger partial charge in [0.2, 0.25) is 0 Å². The summed E-state index contributed by atoms with van der Waals surface area (Å²) in [6.45, 7) is 0.140. The maximum Gasteiger partial charge on any atom is 0.264 e. The molecule has 0 aromatic heterocycles. The first kappa shape index (κ1) is 15.0. The third kappa shape index (κ3) is 3.36. The van der Waals surface area contributed by atoms with E-state index in [-0.39, 0.29) is 6.54 Å². The molecular formula is C13H12BrFN2O2S. The predicted molar refractivity (Wildman–Crippen MR) is 79.2 cm³/mol. The zero-order valence-electron chi connectivity index (χ0n) is 10.3. The molecule has 0 unspecified atom stereocenters. The average Bonchev–Trinajstić information content (AvgIpc) is 2.41. The van der Waals surface area contributed by atoms with E-state index in [0.29, 0.717) is 11.3 Å². The highest BCUT2D eigenvalue weighted by Crippen LogP contribution is 2.21. The highest BCUT2D eigenvalue weighted by Gasteiger charge is 2.19. The Morgan fingerprint density at radius 3 is 2.40 bits per heavy atom. The van der Waals surface area contributed by atoms with Gasteiger partial charge in [-0.25, -0.2) is 12.8 Å². The van der Waals surface area contributed by atoms with Gasteiger partial charge in [-0.05, 0) is 42.0 Å². The summed E-state index contributed by atoms with van der Waals surface area (Å²) in [4.78, 5) is -0.414. The van der Waals surface area contributed by atoms with Crippen LogP contribution in [-0.4, -0.2) is 8.42 Å². The minimum Gasteiger partial charge on any atom is -0.326 e. The molecule has 20 heavy (non-hydrogen) atoms. The van der Waals surface area contributed by atoms with Crippen molar-refractivity contribution in [3.63, 3.8) is 0 Å². The number of halogens is 2. The van der Waals surface area contributed by atoms with Gasteiger partial charge in [0.25, 0.3) is 10.0 Å². The SMILES string of the molecule is NCc1ccc(F)c(S(=O)(=O)Nc2ccc(Br)cc2)c1. The Hall–Kier alpha value is -1.44. The predicted octanol–water partition coefficient (Wildman–Crippen LogP) is 2.85. The number of nitrogens with two attached hydrogens (primary N) is 1. The van der Waals surface area contributed by atoms with Crippen molar-refractivity contribution < 1.29 is 12.8 Å². The van der Waals surface area contributed by atoms with Crippen LogP contribution in [0.2, 0.25) is 0 Å². The van der Waals surface area contributed by atoms with Crippen LogP contribution < -0.4 is 10.5 Å². The number of nitrogens with one attached hydrogen (secondary N) is 1. The Balaban J connectivity index is 2.37. The molecule has 0 saturated carbocycles. The van der Waals surface area contributed by atoms with Crippen molar-refractivity contribution in [3.8, 4) is 0 Å². The molecule has 0 amide bonds. The van der Waals surface area contributed by atoms with Crippen LogP contribution in [0.15, 0.2) is 51.8 Å². The molecule has 2 aromatic carbocycles. The van der Waals surface area contributed by atoms with Gasteiger partial charge in [0, 0.05) is 16.7 Å². The van der Waals surface area contributed by atoms with Gasteiger partial charge >= 0.3 is 0 Å². The number of anilines is 1. The quantitative estimate of drug-likeness (QED) is 0.882. The second-order valence-corrected chi connectivity index (χ2v) is 6.65. The summed E-state index contributed by atoms with van der Waals surface area (Å²) < 4.78 is 41.2. The first-order valence-electron chi connectivity index (χ1n) is 5.69. The van der Waals surface area contributed by atoms with E-state index in [1.807, 2.05) is 0 Å². The van der Waals surface area contributed by atoms with Crippen molar-refractivity contribution in [1.29, 1.82) is 0 Å². The molecule has 0 aliphatic carbocycles. The molecule has 0 saturated heterocycles. The lowest BCUT2D eigenvalue weighted by Crippen LogP contribution is -2.15. The molecule has 0 radical (unpaired) electrons. The van der Waals surface area contributed by atoms with Crippen LogP contribution in [0.3, 0.4) is 0 Å². The highest BCUT2D eigenvalue weighted by molar-refractivity contribution is 9.10. The van der Waals surface area contributed by atoms with Crippen LogP contribution >= 0.6 is 15.9 Å². The Labute approximate surface area is 125 Å². The molecule has 106 valence electrons. The van der Waals surface area contributed by atoms with Crippen molar-refractivity contribution in [3.05, 3.63) is 58.3 Å². The number of rotatable bonds is 4. The molecule has 0 bridgehead atoms. The topological polar surface area (TPSA) is 72.2 Å². The maximum atomic E-state index is 13.7. The van der Waals surface area contributed by atoms with Gasteiger partial charge in [-0.2, -0.15) is 0 Å². The molecule has 2 rings (SSSR count). The largest absolute Gasteiger partial charge is 0.326 e. The molecule has 4 nitrogen and oxygen atoms in total. The minimum atomic E-state index is -3.99. The Kier molecular flexibility index (Phi) is 4.42. The molecule has 3 N–H and O–H groups in total.